The van der Waals surface area contributed by atoms with E-state index in [1.807, 2.05) is 11.8 Å². The van der Waals surface area contributed by atoms with Crippen LogP contribution in [-0.4, -0.2) is 40.6 Å². The molecule has 20 heavy (non-hydrogen) atoms. The van der Waals surface area contributed by atoms with Gasteiger partial charge < -0.3 is 10.1 Å². The van der Waals surface area contributed by atoms with E-state index >= 15 is 0 Å². The predicted molar refractivity (Wildman–Crippen MR) is 79.7 cm³/mol. The number of aromatic nitrogens is 3. The van der Waals surface area contributed by atoms with E-state index < -0.39 is 0 Å². The lowest BCUT2D eigenvalue weighted by Gasteiger charge is -2.27. The first-order valence-corrected chi connectivity index (χ1v) is 7.81. The van der Waals surface area contributed by atoms with Gasteiger partial charge >= 0.3 is 0 Å². The molecule has 0 bridgehead atoms. The van der Waals surface area contributed by atoms with Crippen LogP contribution in [0, 0.1) is 5.92 Å². The Hall–Kier alpha value is -0.940. The van der Waals surface area contributed by atoms with Crippen molar-refractivity contribution in [3.05, 3.63) is 12.2 Å². The van der Waals surface area contributed by atoms with Crippen LogP contribution in [-0.2, 0) is 11.2 Å². The van der Waals surface area contributed by atoms with Gasteiger partial charge in [-0.3, -0.25) is 0 Å². The molecule has 0 saturated heterocycles. The molecule has 114 valence electrons. The molecule has 0 radical (unpaired) electrons. The molecule has 5 heteroatoms. The summed E-state index contributed by atoms with van der Waals surface area (Å²) < 4.78 is 7.78. The highest BCUT2D eigenvalue weighted by Crippen LogP contribution is 2.36. The van der Waals surface area contributed by atoms with E-state index in [2.05, 4.69) is 36.2 Å². The summed E-state index contributed by atoms with van der Waals surface area (Å²) in [4.78, 5) is 4.44. The first kappa shape index (κ1) is 15.4. The number of rotatable bonds is 9. The summed E-state index contributed by atoms with van der Waals surface area (Å²) in [6, 6.07) is 0.676. The molecule has 2 unspecified atom stereocenters. The van der Waals surface area contributed by atoms with Gasteiger partial charge in [0.15, 0.2) is 0 Å². The van der Waals surface area contributed by atoms with Gasteiger partial charge in [-0.2, -0.15) is 5.10 Å². The minimum absolute atomic E-state index is 0.291. The van der Waals surface area contributed by atoms with Gasteiger partial charge in [0, 0.05) is 25.6 Å². The molecule has 1 fully saturated rings. The summed E-state index contributed by atoms with van der Waals surface area (Å²) in [5.41, 5.74) is 0. The van der Waals surface area contributed by atoms with E-state index in [0.717, 1.165) is 25.2 Å². The van der Waals surface area contributed by atoms with Crippen LogP contribution in [0.1, 0.15) is 51.9 Å². The number of ether oxygens (including phenoxy) is 1. The van der Waals surface area contributed by atoms with Crippen molar-refractivity contribution < 1.29 is 4.74 Å². The zero-order valence-electron chi connectivity index (χ0n) is 13.2. The summed E-state index contributed by atoms with van der Waals surface area (Å²) in [7, 11) is 1.83. The molecular formula is C15H28N4O. The van der Waals surface area contributed by atoms with Crippen molar-refractivity contribution in [2.24, 2.45) is 5.92 Å². The minimum Gasteiger partial charge on any atom is -0.380 e. The highest BCUT2D eigenvalue weighted by molar-refractivity contribution is 4.98. The van der Waals surface area contributed by atoms with Crippen molar-refractivity contribution in [3.8, 4) is 0 Å². The van der Waals surface area contributed by atoms with Crippen LogP contribution in [0.4, 0.5) is 0 Å². The number of hydrogen-bond donors (Lipinski definition) is 1. The molecule has 1 N–H and O–H groups in total. The zero-order chi connectivity index (χ0) is 14.5. The molecule has 1 aliphatic rings. The summed E-state index contributed by atoms with van der Waals surface area (Å²) in [6.07, 6.45) is 6.55. The van der Waals surface area contributed by atoms with E-state index in [1.165, 1.54) is 12.8 Å². The molecule has 0 aromatic carbocycles. The zero-order valence-corrected chi connectivity index (χ0v) is 13.2. The number of nitrogens with one attached hydrogen (secondary N) is 1. The van der Waals surface area contributed by atoms with Crippen molar-refractivity contribution in [2.45, 2.75) is 64.6 Å². The largest absolute Gasteiger partial charge is 0.380 e. The average Bonchev–Trinajstić information content (AvgIpc) is 3.14. The van der Waals surface area contributed by atoms with Gasteiger partial charge in [-0.1, -0.05) is 6.92 Å². The average molecular weight is 280 g/mol. The highest BCUT2D eigenvalue weighted by Gasteiger charge is 2.37. The number of hydrogen-bond acceptors (Lipinski definition) is 4. The Balaban J connectivity index is 2.07. The van der Waals surface area contributed by atoms with Gasteiger partial charge in [0.1, 0.15) is 12.2 Å². The van der Waals surface area contributed by atoms with Gasteiger partial charge in [0.25, 0.3) is 0 Å². The highest BCUT2D eigenvalue weighted by atomic mass is 16.5. The van der Waals surface area contributed by atoms with Gasteiger partial charge in [-0.05, 0) is 45.6 Å². The third-order valence-electron chi connectivity index (χ3n) is 3.95. The molecule has 0 aliphatic heterocycles. The van der Waals surface area contributed by atoms with Gasteiger partial charge in [-0.25, -0.2) is 9.67 Å². The lowest BCUT2D eigenvalue weighted by molar-refractivity contribution is 0.0501. The fourth-order valence-electron chi connectivity index (χ4n) is 2.79. The summed E-state index contributed by atoms with van der Waals surface area (Å²) >= 11 is 0. The van der Waals surface area contributed by atoms with Crippen LogP contribution >= 0.6 is 0 Å². The fraction of sp³-hybridized carbons (Fsp3) is 0.867. The Kier molecular flexibility index (Phi) is 5.54. The van der Waals surface area contributed by atoms with E-state index in [-0.39, 0.29) is 0 Å². The maximum absolute atomic E-state index is 5.76. The second kappa shape index (κ2) is 7.18. The lowest BCUT2D eigenvalue weighted by atomic mass is 10.0. The predicted octanol–water partition coefficient (Wildman–Crippen LogP) is 2.19. The van der Waals surface area contributed by atoms with Crippen LogP contribution in [0.2, 0.25) is 0 Å². The molecule has 5 nitrogen and oxygen atoms in total. The molecule has 2 atom stereocenters. The Morgan fingerprint density at radius 1 is 1.45 bits per heavy atom. The summed E-state index contributed by atoms with van der Waals surface area (Å²) in [5.74, 6) is 1.76. The van der Waals surface area contributed by atoms with Crippen LogP contribution in [0.15, 0.2) is 6.33 Å². The van der Waals surface area contributed by atoms with Gasteiger partial charge in [-0.15, -0.1) is 0 Å². The molecule has 1 saturated carbocycles. The maximum atomic E-state index is 5.76. The summed E-state index contributed by atoms with van der Waals surface area (Å²) in [6.45, 7) is 7.50. The van der Waals surface area contributed by atoms with Crippen LogP contribution in [0.25, 0.3) is 0 Å². The normalized spacial score (nSPS) is 18.4. The molecular weight excluding hydrogens is 252 g/mol. The van der Waals surface area contributed by atoms with Crippen molar-refractivity contribution in [1.29, 1.82) is 0 Å². The smallest absolute Gasteiger partial charge is 0.138 e. The quantitative estimate of drug-likeness (QED) is 0.753. The first-order valence-electron chi connectivity index (χ1n) is 7.81. The molecule has 2 rings (SSSR count). The van der Waals surface area contributed by atoms with Crippen molar-refractivity contribution >= 4 is 0 Å². The van der Waals surface area contributed by atoms with Gasteiger partial charge in [0.2, 0.25) is 0 Å². The molecule has 1 aromatic heterocycles. The Bertz CT molecular complexity index is 400. The molecule has 1 heterocycles. The third-order valence-corrected chi connectivity index (χ3v) is 3.95. The Morgan fingerprint density at radius 3 is 2.75 bits per heavy atom. The van der Waals surface area contributed by atoms with Crippen LogP contribution in [0.3, 0.4) is 0 Å². The Morgan fingerprint density at radius 2 is 2.20 bits per heavy atom. The van der Waals surface area contributed by atoms with Gasteiger partial charge in [0.05, 0.1) is 6.10 Å². The SMILES string of the molecule is CCCNC(Cc1ncnn1C(C)C)C(OC)C1CC1. The molecule has 0 amide bonds. The number of nitrogens with zero attached hydrogens (tertiary/aromatic N) is 3. The molecule has 1 aliphatic carbocycles. The molecule has 1 aromatic rings. The van der Waals surface area contributed by atoms with Crippen molar-refractivity contribution in [2.75, 3.05) is 13.7 Å². The van der Waals surface area contributed by atoms with E-state index in [9.17, 15) is 0 Å². The maximum Gasteiger partial charge on any atom is 0.138 e. The van der Waals surface area contributed by atoms with E-state index in [4.69, 9.17) is 4.74 Å². The standard InChI is InChI=1S/C15H28N4O/c1-5-8-16-13(15(20-4)12-6-7-12)9-14-17-10-18-19(14)11(2)3/h10-13,15-16H,5-9H2,1-4H3. The fourth-order valence-corrected chi connectivity index (χ4v) is 2.79. The third kappa shape index (κ3) is 3.79. The van der Waals surface area contributed by atoms with Crippen LogP contribution < -0.4 is 5.32 Å². The second-order valence-electron chi connectivity index (χ2n) is 6.02. The molecule has 0 spiro atoms. The van der Waals surface area contributed by atoms with Crippen LogP contribution in [0.5, 0.6) is 0 Å². The van der Waals surface area contributed by atoms with E-state index in [0.29, 0.717) is 24.1 Å². The van der Waals surface area contributed by atoms with Crippen molar-refractivity contribution in [1.82, 2.24) is 20.1 Å². The monoisotopic (exact) mass is 280 g/mol. The second-order valence-corrected chi connectivity index (χ2v) is 6.02. The number of methoxy groups -OCH3 is 1. The van der Waals surface area contributed by atoms with Crippen molar-refractivity contribution in [3.63, 3.8) is 0 Å². The lowest BCUT2D eigenvalue weighted by Crippen LogP contribution is -2.44. The summed E-state index contributed by atoms with van der Waals surface area (Å²) in [5, 5.41) is 7.97. The topological polar surface area (TPSA) is 52.0 Å². The Labute approximate surface area is 122 Å². The van der Waals surface area contributed by atoms with E-state index in [1.54, 1.807) is 6.33 Å². The first-order chi connectivity index (χ1) is 9.67. The minimum atomic E-state index is 0.291.